The van der Waals surface area contributed by atoms with Gasteiger partial charge in [-0.2, -0.15) is 39.5 Å². The number of pyridine rings is 3. The Labute approximate surface area is 599 Å². The highest BCUT2D eigenvalue weighted by Gasteiger charge is 2.46. The van der Waals surface area contributed by atoms with Crippen LogP contribution in [-0.4, -0.2) is 155 Å². The first-order valence-corrected chi connectivity index (χ1v) is 34.4. The molecule has 105 heavy (non-hydrogen) atoms. The van der Waals surface area contributed by atoms with Gasteiger partial charge in [-0.25, -0.2) is 26.7 Å². The molecule has 21 nitrogen and oxygen atoms in total. The Bertz CT molecular complexity index is 4760. The van der Waals surface area contributed by atoms with Gasteiger partial charge in [0.05, 0.1) is 40.7 Å². The summed E-state index contributed by atoms with van der Waals surface area (Å²) in [6, 6.07) is 15.3. The van der Waals surface area contributed by atoms with Crippen LogP contribution in [0, 0.1) is 29.5 Å². The molecule has 9 aromatic rings. The van der Waals surface area contributed by atoms with E-state index < -0.39 is 54.7 Å². The summed E-state index contributed by atoms with van der Waals surface area (Å²) in [5, 5.41) is 23.3. The van der Waals surface area contributed by atoms with E-state index in [4.69, 9.17) is 23.2 Å². The monoisotopic (exact) mass is 1520 g/mol. The molecule has 6 atom stereocenters. The first-order valence-electron chi connectivity index (χ1n) is 33.7. The Balaban J connectivity index is 0.000000140. The number of carbonyl (C=O) groups is 3. The molecule has 4 amide bonds. The molecule has 558 valence electrons. The summed E-state index contributed by atoms with van der Waals surface area (Å²) in [5.74, 6) is -4.11. The number of hydrogen-bond donors (Lipinski definition) is 0. The molecule has 0 radical (unpaired) electrons. The fraction of sp³-hybridized carbons (Fsp3) is 0.471. The van der Waals surface area contributed by atoms with E-state index in [1.807, 2.05) is 32.9 Å². The number of likely N-dealkylation sites (tertiary alicyclic amines) is 1. The topological polar surface area (TPSA) is 201 Å². The van der Waals surface area contributed by atoms with E-state index in [-0.39, 0.29) is 152 Å². The Hall–Kier alpha value is -9.28. The number of benzene rings is 3. The number of urea groups is 1. The van der Waals surface area contributed by atoms with E-state index in [1.54, 1.807) is 39.1 Å². The lowest BCUT2D eigenvalue weighted by Gasteiger charge is -2.41. The summed E-state index contributed by atoms with van der Waals surface area (Å²) in [5.41, 5.74) is 3.45. The summed E-state index contributed by atoms with van der Waals surface area (Å²) in [6.45, 7) is 8.96. The standard InChI is InChI=1S/C23H22ClF5N6O.C23H23F5N6O.C22H21ClF4N6O/c1-12-8-13(19-15-3-2-14(20(25)26)9-17(15)30-10-16(19)24)4-5-34(12)22(36)33-6-7-35-18(11-33)31-32-21(35)23(27,28)29;1-13-11-32(18-4-6-29-17-10-14(20(24)25)2-3-16(17)18)7-5-15(13)21(35)33-8-9-34-19(12-33)30-31-22(34)23(26,27)28;1-12-10-31(16-4-6-28-19-14(16)2-3-15(23)18(19)24)7-5-13(12)20(34)32-8-9-33-17(11-32)29-30-21(33)22(25,26)27/h2-3,9-10,12-13,20H,4-8,11H2,1H3;2-4,6,10,13,15,20H,5,7-9,11-12H2,1H3;2-4,6,12-13H,5,7-11H2,1H3/t12-,13?;13-,15?;12-,13+/m111/s1. The van der Waals surface area contributed by atoms with Crippen molar-refractivity contribution in [3.05, 3.63) is 147 Å². The number of halogens is 16. The van der Waals surface area contributed by atoms with Crippen molar-refractivity contribution in [2.75, 3.05) is 62.2 Å². The number of rotatable bonds is 7. The van der Waals surface area contributed by atoms with Crippen molar-refractivity contribution in [1.29, 1.82) is 0 Å². The Kier molecular flexibility index (Phi) is 20.6. The van der Waals surface area contributed by atoms with Gasteiger partial charge in [0.25, 0.3) is 12.9 Å². The lowest BCUT2D eigenvalue weighted by molar-refractivity contribution is -0.149. The molecular formula is C68H66Cl2F14N18O3. The summed E-state index contributed by atoms with van der Waals surface area (Å²) in [4.78, 5) is 63.0. The van der Waals surface area contributed by atoms with E-state index in [2.05, 4.69) is 55.3 Å². The maximum Gasteiger partial charge on any atom is 0.451 e. The summed E-state index contributed by atoms with van der Waals surface area (Å²) in [7, 11) is 0. The van der Waals surface area contributed by atoms with Gasteiger partial charge in [0.2, 0.25) is 29.3 Å². The third kappa shape index (κ3) is 14.9. The zero-order valence-corrected chi connectivity index (χ0v) is 57.7. The summed E-state index contributed by atoms with van der Waals surface area (Å²) in [6.07, 6.45) is -12.0. The highest BCUT2D eigenvalue weighted by Crippen LogP contribution is 2.43. The van der Waals surface area contributed by atoms with E-state index in [1.165, 1.54) is 47.6 Å². The first kappa shape index (κ1) is 74.0. The van der Waals surface area contributed by atoms with Crippen molar-refractivity contribution in [2.45, 2.75) is 129 Å². The molecule has 3 fully saturated rings. The van der Waals surface area contributed by atoms with E-state index in [0.29, 0.717) is 85.2 Å². The number of alkyl halides is 13. The molecule has 0 aliphatic carbocycles. The van der Waals surface area contributed by atoms with Crippen LogP contribution in [0.4, 0.5) is 77.6 Å². The normalized spacial score (nSPS) is 21.0. The molecule has 2 unspecified atom stereocenters. The van der Waals surface area contributed by atoms with Crippen LogP contribution in [0.1, 0.15) is 117 Å². The SMILES string of the molecule is C[C@@H]1CC(c2c(Cl)cnc3cc(C(F)F)ccc23)CCN1C(=O)N1CCn2c(nnc2C(F)(F)F)C1.C[C@@H]1CN(c2ccnc3c(F)c(Cl)ccc23)CC[C@@H]1C(=O)N1CCn2c(nnc2C(F)(F)F)C1.C[C@@H]1CN(c2ccnc3cc(C(F)F)ccc23)CCC1C(=O)N1CCn2c(nnc2C(F)(F)F)C1. The number of aromatic nitrogens is 12. The van der Waals surface area contributed by atoms with Crippen LogP contribution in [0.5, 0.6) is 0 Å². The minimum absolute atomic E-state index is 0.000245. The van der Waals surface area contributed by atoms with Gasteiger partial charge in [-0.3, -0.25) is 24.5 Å². The molecule has 6 aliphatic rings. The molecule has 0 spiro atoms. The number of fused-ring (bicyclic) bond motifs is 6. The second-order valence-corrected chi connectivity index (χ2v) is 27.8. The molecule has 0 N–H and O–H groups in total. The van der Waals surface area contributed by atoms with Crippen molar-refractivity contribution < 1.29 is 75.8 Å². The number of amides is 4. The fourth-order valence-corrected chi connectivity index (χ4v) is 15.7. The van der Waals surface area contributed by atoms with E-state index in [0.717, 1.165) is 36.0 Å². The van der Waals surface area contributed by atoms with Crippen LogP contribution in [0.25, 0.3) is 32.7 Å². The quantitative estimate of drug-likeness (QED) is 0.136. The summed E-state index contributed by atoms with van der Waals surface area (Å²) >= 11 is 12.4. The van der Waals surface area contributed by atoms with Gasteiger partial charge in [-0.1, -0.05) is 61.3 Å². The molecule has 0 saturated carbocycles. The largest absolute Gasteiger partial charge is 0.451 e. The Morgan fingerprint density at radius 3 is 1.42 bits per heavy atom. The zero-order chi connectivity index (χ0) is 74.9. The highest BCUT2D eigenvalue weighted by atomic mass is 35.5. The van der Waals surface area contributed by atoms with Gasteiger partial charge in [-0.05, 0) is 92.3 Å². The number of hydrogen-bond acceptors (Lipinski definition) is 14. The van der Waals surface area contributed by atoms with Crippen molar-refractivity contribution >= 4 is 85.1 Å². The van der Waals surface area contributed by atoms with Crippen molar-refractivity contribution in [3.8, 4) is 0 Å². The van der Waals surface area contributed by atoms with E-state index >= 15 is 0 Å². The molecule has 3 aromatic carbocycles. The molecule has 0 bridgehead atoms. The van der Waals surface area contributed by atoms with Gasteiger partial charge in [0.1, 0.15) is 5.52 Å². The minimum atomic E-state index is -4.60. The first-order chi connectivity index (χ1) is 49.8. The molecular weight excluding hydrogens is 1450 g/mol. The maximum atomic E-state index is 14.4. The second-order valence-electron chi connectivity index (χ2n) is 27.0. The molecule has 6 aromatic heterocycles. The Morgan fingerprint density at radius 1 is 0.495 bits per heavy atom. The highest BCUT2D eigenvalue weighted by molar-refractivity contribution is 6.32. The predicted molar refractivity (Wildman–Crippen MR) is 354 cm³/mol. The van der Waals surface area contributed by atoms with Gasteiger partial charge in [-0.15, -0.1) is 30.6 Å². The average Bonchev–Trinajstić information content (AvgIpc) is 0.990. The molecule has 3 saturated heterocycles. The van der Waals surface area contributed by atoms with Crippen LogP contribution in [-0.2, 0) is 67.4 Å². The number of piperidine rings is 3. The smallest absolute Gasteiger partial charge is 0.371 e. The maximum absolute atomic E-state index is 14.4. The third-order valence-corrected chi connectivity index (χ3v) is 21.1. The predicted octanol–water partition coefficient (Wildman–Crippen LogP) is 14.1. The second kappa shape index (κ2) is 29.2. The van der Waals surface area contributed by atoms with Crippen molar-refractivity contribution in [2.24, 2.45) is 23.7 Å². The van der Waals surface area contributed by atoms with Crippen LogP contribution in [0.15, 0.2) is 79.3 Å². The third-order valence-electron chi connectivity index (χ3n) is 20.5. The zero-order valence-electron chi connectivity index (χ0n) is 56.2. The van der Waals surface area contributed by atoms with Crippen molar-refractivity contribution in [1.82, 2.24) is 78.8 Å². The molecule has 15 rings (SSSR count). The number of nitrogens with zero attached hydrogens (tertiary/aromatic N) is 18. The average molecular weight is 1520 g/mol. The Morgan fingerprint density at radius 2 is 0.943 bits per heavy atom. The van der Waals surface area contributed by atoms with Crippen LogP contribution in [0.3, 0.4) is 0 Å². The van der Waals surface area contributed by atoms with Gasteiger partial charge >= 0.3 is 24.6 Å². The molecule has 37 heteroatoms. The van der Waals surface area contributed by atoms with E-state index in [9.17, 15) is 75.8 Å². The number of anilines is 2. The van der Waals surface area contributed by atoms with Gasteiger partial charge in [0, 0.05) is 147 Å². The lowest BCUT2D eigenvalue weighted by Crippen LogP contribution is -2.52. The van der Waals surface area contributed by atoms with Crippen LogP contribution < -0.4 is 9.80 Å². The van der Waals surface area contributed by atoms with Crippen molar-refractivity contribution in [3.63, 3.8) is 0 Å². The lowest BCUT2D eigenvalue weighted by atomic mass is 9.84. The fourth-order valence-electron chi connectivity index (χ4n) is 15.2. The minimum Gasteiger partial charge on any atom is -0.371 e. The summed E-state index contributed by atoms with van der Waals surface area (Å²) < 4.78 is 188. The van der Waals surface area contributed by atoms with Crippen LogP contribution >= 0.6 is 23.2 Å². The number of carbonyl (C=O) groups excluding carboxylic acids is 3. The molecule has 12 heterocycles. The van der Waals surface area contributed by atoms with Gasteiger partial charge in [0.15, 0.2) is 23.3 Å². The van der Waals surface area contributed by atoms with Crippen LogP contribution in [0.2, 0.25) is 10.0 Å². The molecule has 6 aliphatic heterocycles. The van der Waals surface area contributed by atoms with Gasteiger partial charge < -0.3 is 43.1 Å².